The Morgan fingerprint density at radius 2 is 1.77 bits per heavy atom. The van der Waals surface area contributed by atoms with Gasteiger partial charge in [-0.1, -0.05) is 53.9 Å². The smallest absolute Gasteiger partial charge is 0.329 e. The number of benzene rings is 2. The molecule has 0 aliphatic carbocycles. The number of aliphatic hydroxyl groups excluding tert-OH is 1. The second-order valence-corrected chi connectivity index (χ2v) is 9.16. The lowest BCUT2D eigenvalue weighted by molar-refractivity contribution is -0.153. The largest absolute Gasteiger partial charge is 0.503 e. The van der Waals surface area contributed by atoms with E-state index in [0.29, 0.717) is 28.7 Å². The zero-order valence-corrected chi connectivity index (χ0v) is 21.5. The molecule has 0 saturated heterocycles. The van der Waals surface area contributed by atoms with Gasteiger partial charge in [-0.2, -0.15) is 0 Å². The maximum absolute atomic E-state index is 13.5. The van der Waals surface area contributed by atoms with E-state index in [1.54, 1.807) is 49.4 Å². The van der Waals surface area contributed by atoms with Crippen molar-refractivity contribution in [3.63, 3.8) is 0 Å². The lowest BCUT2D eigenvalue weighted by Crippen LogP contribution is -2.46. The van der Waals surface area contributed by atoms with Crippen LogP contribution in [-0.4, -0.2) is 53.5 Å². The van der Waals surface area contributed by atoms with Gasteiger partial charge in [0.2, 0.25) is 0 Å². The van der Waals surface area contributed by atoms with E-state index < -0.39 is 29.6 Å². The molecule has 10 heteroatoms. The van der Waals surface area contributed by atoms with E-state index in [0.717, 1.165) is 10.5 Å². The summed E-state index contributed by atoms with van der Waals surface area (Å²) in [7, 11) is 0. The Kier molecular flexibility index (Phi) is 9.05. The van der Waals surface area contributed by atoms with E-state index in [9.17, 15) is 19.5 Å². The Hall–Kier alpha value is -2.74. The molecule has 2 aromatic carbocycles. The summed E-state index contributed by atoms with van der Waals surface area (Å²) in [6.07, 6.45) is 0.738. The van der Waals surface area contributed by atoms with Crippen LogP contribution in [0.2, 0.25) is 15.1 Å². The van der Waals surface area contributed by atoms with Gasteiger partial charge in [-0.3, -0.25) is 9.59 Å². The topological polar surface area (TPSA) is 87.2 Å². The second-order valence-electron chi connectivity index (χ2n) is 7.91. The Bertz CT molecular complexity index is 1150. The minimum atomic E-state index is -1.04. The molecule has 35 heavy (non-hydrogen) atoms. The van der Waals surface area contributed by atoms with E-state index in [4.69, 9.17) is 39.5 Å². The summed E-state index contributed by atoms with van der Waals surface area (Å²) in [6, 6.07) is 10.5. The van der Waals surface area contributed by atoms with Crippen molar-refractivity contribution >= 4 is 58.3 Å². The molecule has 0 spiro atoms. The average molecular weight is 540 g/mol. The number of hydrogen-bond donors (Lipinski definition) is 1. The van der Waals surface area contributed by atoms with Crippen molar-refractivity contribution in [3.8, 4) is 0 Å². The van der Waals surface area contributed by atoms with E-state index in [1.807, 2.05) is 6.92 Å². The van der Waals surface area contributed by atoms with Crippen molar-refractivity contribution < 1.29 is 24.2 Å². The summed E-state index contributed by atoms with van der Waals surface area (Å²) in [5.41, 5.74) is 1.10. The molecule has 1 aliphatic rings. The molecule has 0 saturated carbocycles. The Labute approximate surface area is 218 Å². The minimum absolute atomic E-state index is 0.111. The molecule has 0 radical (unpaired) electrons. The van der Waals surface area contributed by atoms with Crippen molar-refractivity contribution in [3.05, 3.63) is 74.4 Å². The predicted molar refractivity (Wildman–Crippen MR) is 136 cm³/mol. The number of aliphatic hydroxyl groups is 1. The third-order valence-electron chi connectivity index (χ3n) is 5.52. The van der Waals surface area contributed by atoms with E-state index in [-0.39, 0.29) is 30.2 Å². The van der Waals surface area contributed by atoms with Crippen LogP contribution >= 0.6 is 34.8 Å². The number of ether oxygens (including phenoxy) is 1. The fraction of sp³-hybridized carbons (Fsp3) is 0.320. The highest BCUT2D eigenvalue weighted by atomic mass is 35.5. The molecule has 3 rings (SSSR count). The number of halogens is 3. The highest BCUT2D eigenvalue weighted by Gasteiger charge is 2.42. The van der Waals surface area contributed by atoms with Gasteiger partial charge in [-0.05, 0) is 49.2 Å². The summed E-state index contributed by atoms with van der Waals surface area (Å²) >= 11 is 18.1. The van der Waals surface area contributed by atoms with Crippen LogP contribution in [0.1, 0.15) is 25.8 Å². The van der Waals surface area contributed by atoms with Gasteiger partial charge in [0, 0.05) is 23.7 Å². The highest BCUT2D eigenvalue weighted by Crippen LogP contribution is 2.30. The van der Waals surface area contributed by atoms with Crippen molar-refractivity contribution in [1.29, 1.82) is 0 Å². The molecule has 0 aromatic heterocycles. The van der Waals surface area contributed by atoms with Crippen LogP contribution in [0.25, 0.3) is 0 Å². The number of anilines is 1. The van der Waals surface area contributed by atoms with Crippen LogP contribution in [0.3, 0.4) is 0 Å². The number of nitrogens with zero attached hydrogens (tertiary/aromatic N) is 2. The molecule has 1 unspecified atom stereocenters. The van der Waals surface area contributed by atoms with Gasteiger partial charge in [-0.25, -0.2) is 4.79 Å². The Morgan fingerprint density at radius 3 is 2.37 bits per heavy atom. The average Bonchev–Trinajstić information content (AvgIpc) is 3.13. The first kappa shape index (κ1) is 26.9. The van der Waals surface area contributed by atoms with Gasteiger partial charge >= 0.3 is 5.97 Å². The summed E-state index contributed by atoms with van der Waals surface area (Å²) < 4.78 is 5.19. The first-order chi connectivity index (χ1) is 16.7. The highest BCUT2D eigenvalue weighted by molar-refractivity contribution is 6.42. The molecule has 0 bridgehead atoms. The number of carbonyl (C=O) groups is 3. The van der Waals surface area contributed by atoms with E-state index in [2.05, 4.69) is 0 Å². The first-order valence-electron chi connectivity index (χ1n) is 11.1. The lowest BCUT2D eigenvalue weighted by Gasteiger charge is -2.27. The summed E-state index contributed by atoms with van der Waals surface area (Å²) in [6.45, 7) is 3.73. The Balaban J connectivity index is 1.90. The van der Waals surface area contributed by atoms with E-state index in [1.165, 1.54) is 4.90 Å². The van der Waals surface area contributed by atoms with Crippen molar-refractivity contribution in [2.24, 2.45) is 0 Å². The minimum Gasteiger partial charge on any atom is -0.503 e. The van der Waals surface area contributed by atoms with Crippen molar-refractivity contribution in [2.45, 2.75) is 32.7 Å². The molecule has 0 fully saturated rings. The summed E-state index contributed by atoms with van der Waals surface area (Å²) in [5, 5.41) is 11.8. The number of esters is 1. The maximum atomic E-state index is 13.5. The molecule has 186 valence electrons. The van der Waals surface area contributed by atoms with Gasteiger partial charge in [0.05, 0.1) is 28.8 Å². The van der Waals surface area contributed by atoms with Gasteiger partial charge in [0.25, 0.3) is 11.8 Å². The molecule has 1 heterocycles. The van der Waals surface area contributed by atoms with Crippen LogP contribution < -0.4 is 4.90 Å². The van der Waals surface area contributed by atoms with Crippen LogP contribution in [0, 0.1) is 0 Å². The van der Waals surface area contributed by atoms with Crippen LogP contribution in [0.5, 0.6) is 0 Å². The molecular formula is C25H25Cl3N2O5. The predicted octanol–water partition coefficient (Wildman–Crippen LogP) is 5.22. The lowest BCUT2D eigenvalue weighted by atomic mass is 10.0. The fourth-order valence-corrected chi connectivity index (χ4v) is 4.21. The normalized spacial score (nSPS) is 14.3. The summed E-state index contributed by atoms with van der Waals surface area (Å²) in [5.74, 6) is -2.70. The number of hydrogen-bond acceptors (Lipinski definition) is 5. The first-order valence-corrected chi connectivity index (χ1v) is 12.2. The van der Waals surface area contributed by atoms with Gasteiger partial charge in [-0.15, -0.1) is 0 Å². The van der Waals surface area contributed by atoms with E-state index >= 15 is 0 Å². The third-order valence-corrected chi connectivity index (χ3v) is 6.51. The molecule has 1 N–H and O–H groups in total. The van der Waals surface area contributed by atoms with Crippen molar-refractivity contribution in [2.75, 3.05) is 24.6 Å². The fourth-order valence-electron chi connectivity index (χ4n) is 3.79. The SMILES string of the molecule is CCCN(C(=O)C1=C(O)C(=O)N(C(Cc2ccc(Cl)cc2)C(=O)OCC)C1)c1ccc(Cl)c(Cl)c1. The van der Waals surface area contributed by atoms with Crippen LogP contribution in [-0.2, 0) is 25.5 Å². The van der Waals surface area contributed by atoms with Crippen LogP contribution in [0.4, 0.5) is 5.69 Å². The quantitative estimate of drug-likeness (QED) is 0.442. The zero-order valence-electron chi connectivity index (χ0n) is 19.3. The van der Waals surface area contributed by atoms with Gasteiger partial charge in [0.15, 0.2) is 5.76 Å². The molecular weight excluding hydrogens is 515 g/mol. The molecule has 1 aliphatic heterocycles. The monoisotopic (exact) mass is 538 g/mol. The molecule has 7 nitrogen and oxygen atoms in total. The Morgan fingerprint density at radius 1 is 1.09 bits per heavy atom. The summed E-state index contributed by atoms with van der Waals surface area (Å²) in [4.78, 5) is 41.9. The second kappa shape index (κ2) is 11.8. The zero-order chi connectivity index (χ0) is 25.7. The van der Waals surface area contributed by atoms with Crippen LogP contribution in [0.15, 0.2) is 53.8 Å². The molecule has 2 aromatic rings. The maximum Gasteiger partial charge on any atom is 0.329 e. The standard InChI is InChI=1S/C25H25Cl3N2O5/c1-3-11-29(17-9-10-19(27)20(28)13-17)23(32)18-14-30(24(33)22(18)31)21(25(34)35-4-2)12-15-5-7-16(26)8-6-15/h5-10,13,21,31H,3-4,11-12,14H2,1-2H3. The number of rotatable bonds is 9. The molecule has 1 atom stereocenters. The van der Waals surface area contributed by atoms with Crippen molar-refractivity contribution in [1.82, 2.24) is 4.90 Å². The number of amides is 2. The van der Waals surface area contributed by atoms with Gasteiger partial charge < -0.3 is 19.6 Å². The number of carbonyl (C=O) groups excluding carboxylic acids is 3. The van der Waals surface area contributed by atoms with Gasteiger partial charge in [0.1, 0.15) is 6.04 Å². The molecule has 2 amide bonds. The third kappa shape index (κ3) is 6.10.